The highest BCUT2D eigenvalue weighted by Crippen LogP contribution is 2.57. The molecular weight excluding hydrogens is 942 g/mol. The Kier molecular flexibility index (Phi) is 10.7. The van der Waals surface area contributed by atoms with E-state index in [4.69, 9.17) is 4.74 Å². The van der Waals surface area contributed by atoms with Gasteiger partial charge in [0.15, 0.2) is 11.5 Å². The fourth-order valence-electron chi connectivity index (χ4n) is 12.8. The maximum Gasteiger partial charge on any atom is 0.264 e. The van der Waals surface area contributed by atoms with Crippen LogP contribution in [0.15, 0.2) is 164 Å². The van der Waals surface area contributed by atoms with Crippen molar-refractivity contribution in [3.05, 3.63) is 192 Å². The van der Waals surface area contributed by atoms with Crippen LogP contribution in [0.4, 0.5) is 51.2 Å². The summed E-state index contributed by atoms with van der Waals surface area (Å²) in [5.41, 5.74) is 22.2. The zero-order valence-corrected chi connectivity index (χ0v) is 47.6. The molecule has 8 aromatic carbocycles. The smallest absolute Gasteiger partial charge is 0.264 e. The number of thiophene rings is 1. The van der Waals surface area contributed by atoms with Gasteiger partial charge in [0.1, 0.15) is 0 Å². The highest BCUT2D eigenvalue weighted by atomic mass is 32.1. The number of hydrogen-bond donors (Lipinski definition) is 0. The first-order chi connectivity index (χ1) is 36.1. The van der Waals surface area contributed by atoms with Crippen LogP contribution in [0.1, 0.15) is 131 Å². The minimum Gasteiger partial charge on any atom is -0.453 e. The number of nitrogens with zero attached hydrogens (tertiary/aromatic N) is 3. The van der Waals surface area contributed by atoms with E-state index in [2.05, 4.69) is 269 Å². The van der Waals surface area contributed by atoms with E-state index >= 15 is 0 Å². The van der Waals surface area contributed by atoms with Crippen molar-refractivity contribution in [1.82, 2.24) is 0 Å². The molecule has 4 nitrogen and oxygen atoms in total. The lowest BCUT2D eigenvalue weighted by molar-refractivity contribution is 0.332. The van der Waals surface area contributed by atoms with Gasteiger partial charge in [-0.25, -0.2) is 0 Å². The Labute approximate surface area is 456 Å². The summed E-state index contributed by atoms with van der Waals surface area (Å²) >= 11 is 1.99. The van der Waals surface area contributed by atoms with E-state index in [1.54, 1.807) is 0 Å². The summed E-state index contributed by atoms with van der Waals surface area (Å²) in [5.74, 6) is 1.67. The number of rotatable bonds is 4. The molecule has 0 bridgehead atoms. The van der Waals surface area contributed by atoms with Crippen molar-refractivity contribution >= 4 is 95.0 Å². The molecule has 4 heterocycles. The molecule has 3 aliphatic heterocycles. The van der Waals surface area contributed by atoms with Gasteiger partial charge in [-0.2, -0.15) is 0 Å². The second-order valence-corrected chi connectivity index (χ2v) is 27.6. The third kappa shape index (κ3) is 7.59. The maximum absolute atomic E-state index is 6.75. The van der Waals surface area contributed by atoms with Crippen LogP contribution in [0.25, 0.3) is 21.2 Å². The molecule has 0 amide bonds. The average Bonchev–Trinajstić information content (AvgIpc) is 3.78. The largest absolute Gasteiger partial charge is 0.453 e. The van der Waals surface area contributed by atoms with Crippen molar-refractivity contribution in [3.63, 3.8) is 0 Å². The van der Waals surface area contributed by atoms with Crippen LogP contribution in [0.3, 0.4) is 0 Å². The van der Waals surface area contributed by atoms with Gasteiger partial charge in [0.25, 0.3) is 6.71 Å². The van der Waals surface area contributed by atoms with Gasteiger partial charge in [-0.1, -0.05) is 175 Å². The Balaban J connectivity index is 1.22. The quantitative estimate of drug-likeness (QED) is 0.164. The van der Waals surface area contributed by atoms with Gasteiger partial charge in [0.2, 0.25) is 0 Å². The normalized spacial score (nSPS) is 16.1. The molecule has 0 fully saturated rings. The van der Waals surface area contributed by atoms with Gasteiger partial charge in [-0.05, 0) is 163 Å². The van der Waals surface area contributed by atoms with E-state index in [1.807, 2.05) is 11.3 Å². The summed E-state index contributed by atoms with van der Waals surface area (Å²) in [6.07, 6.45) is 2.27. The minimum atomic E-state index is -0.0642. The van der Waals surface area contributed by atoms with Crippen molar-refractivity contribution in [3.8, 4) is 22.6 Å². The summed E-state index contributed by atoms with van der Waals surface area (Å²) in [6, 6.07) is 62.7. The Morgan fingerprint density at radius 3 is 1.62 bits per heavy atom. The van der Waals surface area contributed by atoms with Crippen molar-refractivity contribution in [1.29, 1.82) is 0 Å². The SMILES string of the molecule is CC(C)(C)c1ccc(N2c3cc(N4c5ccccc5Oc5ccccc54)cc4c3B(c3cc5c(cc3N4c3ccc(C(C)(C)C)cc3-c3ccccc3)C(C)(C)CCC5(C)C)c3sc4ccc(C(C)(C)C)cc4c32)cc1. The zero-order valence-electron chi connectivity index (χ0n) is 46.7. The van der Waals surface area contributed by atoms with E-state index in [0.717, 1.165) is 47.1 Å². The molecule has 9 aromatic rings. The summed E-state index contributed by atoms with van der Waals surface area (Å²) in [5, 5.41) is 1.31. The number of benzene rings is 8. The molecule has 0 atom stereocenters. The van der Waals surface area contributed by atoms with Crippen molar-refractivity contribution < 1.29 is 4.74 Å². The van der Waals surface area contributed by atoms with Crippen LogP contribution < -0.4 is 35.1 Å². The number of hydrogen-bond acceptors (Lipinski definition) is 5. The summed E-state index contributed by atoms with van der Waals surface area (Å²) < 4.78 is 9.45. The third-order valence-electron chi connectivity index (χ3n) is 17.4. The number of ether oxygens (including phenoxy) is 1. The van der Waals surface area contributed by atoms with E-state index in [0.29, 0.717) is 0 Å². The lowest BCUT2D eigenvalue weighted by atomic mass is 9.35. The van der Waals surface area contributed by atoms with Gasteiger partial charge in [-0.3, -0.25) is 0 Å². The predicted octanol–water partition coefficient (Wildman–Crippen LogP) is 18.5. The average molecular weight is 1010 g/mol. The fraction of sp³-hybridized carbons (Fsp3) is 0.286. The highest BCUT2D eigenvalue weighted by Gasteiger charge is 2.49. The van der Waals surface area contributed by atoms with E-state index in [1.165, 1.54) is 93.2 Å². The van der Waals surface area contributed by atoms with Crippen LogP contribution in [-0.2, 0) is 27.1 Å². The van der Waals surface area contributed by atoms with Gasteiger partial charge < -0.3 is 19.4 Å². The van der Waals surface area contributed by atoms with Gasteiger partial charge in [-0.15, -0.1) is 11.3 Å². The van der Waals surface area contributed by atoms with E-state index in [9.17, 15) is 0 Å². The zero-order chi connectivity index (χ0) is 53.0. The molecule has 76 heavy (non-hydrogen) atoms. The van der Waals surface area contributed by atoms with Crippen molar-refractivity contribution in [2.45, 2.75) is 130 Å². The first-order valence-corrected chi connectivity index (χ1v) is 28.4. The molecule has 0 unspecified atom stereocenters. The molecule has 4 aliphatic rings. The number of fused-ring (bicyclic) bond motifs is 9. The molecule has 13 rings (SSSR count). The molecule has 380 valence electrons. The monoisotopic (exact) mass is 1010 g/mol. The second kappa shape index (κ2) is 16.7. The Morgan fingerprint density at radius 2 is 1.00 bits per heavy atom. The topological polar surface area (TPSA) is 19.0 Å². The molecule has 1 aliphatic carbocycles. The molecule has 0 N–H and O–H groups in total. The Bertz CT molecular complexity index is 3780. The minimum absolute atomic E-state index is 0.00153. The molecule has 0 radical (unpaired) electrons. The molecule has 0 saturated carbocycles. The first kappa shape index (κ1) is 48.6. The van der Waals surface area contributed by atoms with Gasteiger partial charge >= 0.3 is 0 Å². The second-order valence-electron chi connectivity index (χ2n) is 26.5. The summed E-state index contributed by atoms with van der Waals surface area (Å²) in [6.45, 7) is 30.9. The van der Waals surface area contributed by atoms with Crippen LogP contribution in [-0.4, -0.2) is 6.71 Å². The number of anilines is 9. The number of para-hydroxylation sites is 4. The molecule has 1 aromatic heterocycles. The first-order valence-electron chi connectivity index (χ1n) is 27.6. The molecule has 0 saturated heterocycles. The molecular formula is C70H70BN3OS. The lowest BCUT2D eigenvalue weighted by Crippen LogP contribution is -2.61. The van der Waals surface area contributed by atoms with Gasteiger partial charge in [0.05, 0.1) is 28.4 Å². The molecule has 6 heteroatoms. The van der Waals surface area contributed by atoms with Crippen LogP contribution >= 0.6 is 11.3 Å². The highest BCUT2D eigenvalue weighted by molar-refractivity contribution is 7.33. The van der Waals surface area contributed by atoms with Crippen molar-refractivity contribution in [2.75, 3.05) is 14.7 Å². The summed E-state index contributed by atoms with van der Waals surface area (Å²) in [7, 11) is 0. The van der Waals surface area contributed by atoms with Gasteiger partial charge in [0, 0.05) is 43.2 Å². The van der Waals surface area contributed by atoms with Crippen LogP contribution in [0.5, 0.6) is 11.5 Å². The Morgan fingerprint density at radius 1 is 0.461 bits per heavy atom. The summed E-state index contributed by atoms with van der Waals surface area (Å²) in [4.78, 5) is 7.79. The third-order valence-corrected chi connectivity index (χ3v) is 18.6. The molecule has 0 spiro atoms. The van der Waals surface area contributed by atoms with Crippen molar-refractivity contribution in [2.24, 2.45) is 0 Å². The maximum atomic E-state index is 6.75. The predicted molar refractivity (Wildman–Crippen MR) is 327 cm³/mol. The van der Waals surface area contributed by atoms with E-state index < -0.39 is 0 Å². The Hall–Kier alpha value is -7.02. The standard InChI is InChI=1S/C70H70BN3OS/c1-66(2,3)44-27-31-47(32-28-44)73-58-39-48(72-55-23-17-19-25-60(55)75-61-26-20-18-24-56(61)72)40-59-63(58)71(65-64(73)50-38-46(68(7,8)9)30-34-62(50)76-65)53-41-51-52(70(12,13)36-35-69(51,10)11)42-57(53)74(59)54-33-29-45(67(4,5)6)37-49(54)43-21-15-14-16-22-43/h14-34,37-42H,35-36H2,1-13H3. The lowest BCUT2D eigenvalue weighted by Gasteiger charge is -2.47. The van der Waals surface area contributed by atoms with Crippen LogP contribution in [0, 0.1) is 0 Å². The van der Waals surface area contributed by atoms with Crippen LogP contribution in [0.2, 0.25) is 0 Å². The van der Waals surface area contributed by atoms with E-state index in [-0.39, 0.29) is 33.8 Å². The fourth-order valence-corrected chi connectivity index (χ4v) is 14.1.